The summed E-state index contributed by atoms with van der Waals surface area (Å²) in [6.07, 6.45) is 2.29. The fourth-order valence-electron chi connectivity index (χ4n) is 2.01. The third kappa shape index (κ3) is 2.96. The summed E-state index contributed by atoms with van der Waals surface area (Å²) in [5, 5.41) is 0. The zero-order valence-corrected chi connectivity index (χ0v) is 10.9. The van der Waals surface area contributed by atoms with E-state index >= 15 is 0 Å². The highest BCUT2D eigenvalue weighted by molar-refractivity contribution is 5.75. The average molecular weight is 258 g/mol. The van der Waals surface area contributed by atoms with Crippen molar-refractivity contribution in [2.45, 2.75) is 13.5 Å². The van der Waals surface area contributed by atoms with E-state index in [9.17, 15) is 9.18 Å². The van der Waals surface area contributed by atoms with E-state index in [1.54, 1.807) is 18.2 Å². The molecule has 0 fully saturated rings. The largest absolute Gasteiger partial charge is 0.355 e. The van der Waals surface area contributed by atoms with E-state index in [-0.39, 0.29) is 5.82 Å². The van der Waals surface area contributed by atoms with Crippen LogP contribution in [0, 0.1) is 12.7 Å². The Bertz CT molecular complexity index is 598. The van der Waals surface area contributed by atoms with E-state index < -0.39 is 0 Å². The van der Waals surface area contributed by atoms with Crippen LogP contribution in [0.1, 0.15) is 21.5 Å². The molecule has 0 aliphatic carbocycles. The first-order valence-corrected chi connectivity index (χ1v) is 5.98. The first kappa shape index (κ1) is 13.2. The van der Waals surface area contributed by atoms with E-state index in [0.29, 0.717) is 17.7 Å². The number of hydrogen-bond donors (Lipinski definition) is 0. The van der Waals surface area contributed by atoms with Crippen LogP contribution in [0.2, 0.25) is 0 Å². The molecule has 0 unspecified atom stereocenters. The maximum atomic E-state index is 13.6. The summed E-state index contributed by atoms with van der Waals surface area (Å²) in [5.74, 6) is 0.519. The van der Waals surface area contributed by atoms with Crippen molar-refractivity contribution < 1.29 is 9.18 Å². The Morgan fingerprint density at radius 3 is 2.74 bits per heavy atom. The summed E-state index contributed by atoms with van der Waals surface area (Å²) in [6, 6.07) is 8.44. The highest BCUT2D eigenvalue weighted by Crippen LogP contribution is 2.19. The number of aryl methyl sites for hydroxylation is 1. The van der Waals surface area contributed by atoms with Crippen LogP contribution in [0.15, 0.2) is 36.5 Å². The number of benzene rings is 1. The molecule has 0 bridgehead atoms. The summed E-state index contributed by atoms with van der Waals surface area (Å²) in [6.45, 7) is 2.31. The van der Waals surface area contributed by atoms with Gasteiger partial charge in [-0.15, -0.1) is 0 Å². The van der Waals surface area contributed by atoms with Crippen molar-refractivity contribution in [1.29, 1.82) is 0 Å². The van der Waals surface area contributed by atoms with E-state index in [1.807, 2.05) is 24.9 Å². The molecule has 1 aromatic carbocycles. The maximum Gasteiger partial charge on any atom is 0.151 e. The van der Waals surface area contributed by atoms with Gasteiger partial charge in [0.2, 0.25) is 0 Å². The van der Waals surface area contributed by atoms with Crippen molar-refractivity contribution in [3.8, 4) is 0 Å². The topological polar surface area (TPSA) is 33.2 Å². The number of carbonyl (C=O) groups is 1. The van der Waals surface area contributed by atoms with Crippen molar-refractivity contribution in [3.05, 3.63) is 59.0 Å². The summed E-state index contributed by atoms with van der Waals surface area (Å²) >= 11 is 0. The third-order valence-corrected chi connectivity index (χ3v) is 2.93. The molecule has 98 valence electrons. The summed E-state index contributed by atoms with van der Waals surface area (Å²) in [7, 11) is 1.85. The Labute approximate surface area is 111 Å². The lowest BCUT2D eigenvalue weighted by atomic mass is 10.1. The van der Waals surface area contributed by atoms with Crippen LogP contribution in [-0.4, -0.2) is 18.3 Å². The van der Waals surface area contributed by atoms with Crippen LogP contribution < -0.4 is 4.90 Å². The average Bonchev–Trinajstić information content (AvgIpc) is 2.41. The fourth-order valence-corrected chi connectivity index (χ4v) is 2.01. The number of aromatic nitrogens is 1. The molecule has 2 rings (SSSR count). The molecule has 3 nitrogen and oxygen atoms in total. The van der Waals surface area contributed by atoms with Crippen LogP contribution >= 0.6 is 0 Å². The van der Waals surface area contributed by atoms with E-state index in [1.165, 1.54) is 12.3 Å². The highest BCUT2D eigenvalue weighted by atomic mass is 19.1. The van der Waals surface area contributed by atoms with Crippen LogP contribution in [0.25, 0.3) is 0 Å². The van der Waals surface area contributed by atoms with Gasteiger partial charge in [-0.2, -0.15) is 0 Å². The maximum absolute atomic E-state index is 13.6. The number of pyridine rings is 1. The molecule has 0 aliphatic heterocycles. The predicted molar refractivity (Wildman–Crippen MR) is 72.9 cm³/mol. The molecular formula is C15H15FN2O. The fraction of sp³-hybridized carbons (Fsp3) is 0.200. The third-order valence-electron chi connectivity index (χ3n) is 2.93. The highest BCUT2D eigenvalue weighted by Gasteiger charge is 2.10. The zero-order chi connectivity index (χ0) is 13.8. The Morgan fingerprint density at radius 2 is 2.11 bits per heavy atom. The SMILES string of the molecule is Cc1cc(C=O)cnc1N(C)Cc1ccccc1F. The van der Waals surface area contributed by atoms with Crippen molar-refractivity contribution in [2.75, 3.05) is 11.9 Å². The van der Waals surface area contributed by atoms with Gasteiger partial charge in [0.15, 0.2) is 6.29 Å². The molecule has 2 aromatic rings. The minimum Gasteiger partial charge on any atom is -0.355 e. The molecule has 0 N–H and O–H groups in total. The lowest BCUT2D eigenvalue weighted by Gasteiger charge is -2.20. The van der Waals surface area contributed by atoms with Gasteiger partial charge in [0, 0.05) is 30.9 Å². The summed E-state index contributed by atoms with van der Waals surface area (Å²) < 4.78 is 13.6. The number of rotatable bonds is 4. The minimum atomic E-state index is -0.225. The monoisotopic (exact) mass is 258 g/mol. The second-order valence-corrected chi connectivity index (χ2v) is 4.47. The molecule has 0 atom stereocenters. The van der Waals surface area contributed by atoms with Gasteiger partial charge >= 0.3 is 0 Å². The summed E-state index contributed by atoms with van der Waals surface area (Å²) in [5.41, 5.74) is 2.05. The van der Waals surface area contributed by atoms with Gasteiger partial charge in [-0.1, -0.05) is 18.2 Å². The molecule has 1 aromatic heterocycles. The lowest BCUT2D eigenvalue weighted by molar-refractivity contribution is 0.112. The van der Waals surface area contributed by atoms with Crippen LogP contribution in [0.3, 0.4) is 0 Å². The van der Waals surface area contributed by atoms with Crippen molar-refractivity contribution in [1.82, 2.24) is 4.98 Å². The van der Waals surface area contributed by atoms with Crippen molar-refractivity contribution in [3.63, 3.8) is 0 Å². The molecule has 0 saturated heterocycles. The van der Waals surface area contributed by atoms with E-state index in [2.05, 4.69) is 4.98 Å². The Kier molecular flexibility index (Phi) is 3.90. The molecule has 0 radical (unpaired) electrons. The van der Waals surface area contributed by atoms with Gasteiger partial charge < -0.3 is 4.90 Å². The smallest absolute Gasteiger partial charge is 0.151 e. The Balaban J connectivity index is 2.23. The van der Waals surface area contributed by atoms with E-state index in [4.69, 9.17) is 0 Å². The first-order valence-electron chi connectivity index (χ1n) is 5.98. The minimum absolute atomic E-state index is 0.225. The lowest BCUT2D eigenvalue weighted by Crippen LogP contribution is -2.19. The molecule has 0 amide bonds. The number of carbonyl (C=O) groups excluding carboxylic acids is 1. The van der Waals surface area contributed by atoms with Gasteiger partial charge in [-0.05, 0) is 24.6 Å². The number of hydrogen-bond acceptors (Lipinski definition) is 3. The van der Waals surface area contributed by atoms with Crippen LogP contribution in [0.5, 0.6) is 0 Å². The predicted octanol–water partition coefficient (Wildman–Crippen LogP) is 2.98. The van der Waals surface area contributed by atoms with E-state index in [0.717, 1.165) is 17.7 Å². The molecule has 1 heterocycles. The van der Waals surface area contributed by atoms with Gasteiger partial charge in [0.25, 0.3) is 0 Å². The van der Waals surface area contributed by atoms with Crippen molar-refractivity contribution in [2.24, 2.45) is 0 Å². The Morgan fingerprint density at radius 1 is 1.37 bits per heavy atom. The zero-order valence-electron chi connectivity index (χ0n) is 10.9. The molecular weight excluding hydrogens is 243 g/mol. The van der Waals surface area contributed by atoms with Crippen molar-refractivity contribution >= 4 is 12.1 Å². The standard InChI is InChI=1S/C15H15FN2O/c1-11-7-12(10-19)8-17-15(11)18(2)9-13-5-3-4-6-14(13)16/h3-8,10H,9H2,1-2H3. The molecule has 0 spiro atoms. The number of anilines is 1. The molecule has 4 heteroatoms. The second kappa shape index (κ2) is 5.61. The molecule has 19 heavy (non-hydrogen) atoms. The first-order chi connectivity index (χ1) is 9.11. The Hall–Kier alpha value is -2.23. The quantitative estimate of drug-likeness (QED) is 0.790. The van der Waals surface area contributed by atoms with Gasteiger partial charge in [0.05, 0.1) is 0 Å². The molecule has 0 saturated carbocycles. The number of aldehydes is 1. The normalized spacial score (nSPS) is 10.3. The second-order valence-electron chi connectivity index (χ2n) is 4.47. The number of halogens is 1. The van der Waals surface area contributed by atoms with Gasteiger partial charge in [-0.25, -0.2) is 9.37 Å². The van der Waals surface area contributed by atoms with Gasteiger partial charge in [-0.3, -0.25) is 4.79 Å². The summed E-state index contributed by atoms with van der Waals surface area (Å²) in [4.78, 5) is 16.8. The van der Waals surface area contributed by atoms with Crippen LogP contribution in [0.4, 0.5) is 10.2 Å². The van der Waals surface area contributed by atoms with Crippen LogP contribution in [-0.2, 0) is 6.54 Å². The number of nitrogens with zero attached hydrogens (tertiary/aromatic N) is 2. The molecule has 0 aliphatic rings. The van der Waals surface area contributed by atoms with Gasteiger partial charge in [0.1, 0.15) is 11.6 Å².